The SMILES string of the molecule is COc1c(Nc2cc(Cl)nc3c2nc(C)n3C2CCCCO2)cccc1-c1nnn(C)n1.[C-]#[N+]c1nc(Cc2cc(Nc3cccc(-c4nnn(C)n4)c3OC)c3c(n2)CC(C)=N3)cnc1C(C)(C)OC.[C-]#[N+]c1nc(Cc2cc(Nc3cccc(-c4nnn(C)n4)c3OC)c3nc(C)n(C4CCCCO4)c3n2)cnc1C(C)(C)OC.[C-]#[N+]c1nc(N)cnc1C(C)(C)OC. The predicted molar refractivity (Wildman–Crippen MR) is 485 cm³/mol. The van der Waals surface area contributed by atoms with Crippen LogP contribution in [0, 0.1) is 33.6 Å². The molecule has 0 aliphatic carbocycles. The fourth-order valence-electron chi connectivity index (χ4n) is 15.0. The molecule has 2 atom stereocenters. The molecule has 11 aromatic heterocycles. The number of benzene rings is 3. The van der Waals surface area contributed by atoms with Crippen molar-refractivity contribution in [1.82, 2.24) is 125 Å². The molecule has 0 saturated carbocycles. The highest BCUT2D eigenvalue weighted by Crippen LogP contribution is 2.45. The fourth-order valence-corrected chi connectivity index (χ4v) is 15.2. The molecule has 0 amide bonds. The van der Waals surface area contributed by atoms with Gasteiger partial charge in [0.15, 0.2) is 39.9 Å². The molecule has 2 unspecified atom stereocenters. The summed E-state index contributed by atoms with van der Waals surface area (Å²) in [6, 6.07) is 22.7. The first-order chi connectivity index (χ1) is 62.5. The molecule has 3 aromatic carbocycles. The van der Waals surface area contributed by atoms with Crippen LogP contribution >= 0.6 is 11.6 Å². The largest absolute Gasteiger partial charge is 0.494 e. The minimum atomic E-state index is -0.752. The standard InChI is InChI=1S/C31H35N11O3.C27H28N10O2.C21H23ClN8O2.C9H12N4O/c1-18-34-25-23(37-22-12-10-11-21(26(22)43-6)28-38-40-41(5)39-28)16-19(36-30(25)42(18)24-13-8-9-14-45-24)15-20-17-33-27(29(32-4)35-20)31(2,3)44-7;1-15-11-20-22(30-15)21(33-19-10-8-9-18(23(19)38-6)25-34-36-37(5)35-25)13-16(31-20)12-17-14-29-24(26(28-4)32-17)27(2,3)39-7;1-12-23-18-15(11-16(22)25-21(18)30(12)17-9-4-5-10-32-17)24-14-8-6-7-13(19(14)31-3)20-26-28-29(2)27-20;1-9(2,14-4)7-8(11-3)13-6(10)5-12-7/h10-12,16-17,24H,8-9,13-15H2,1-3,5-7H3,(H,36,37);8-10,13-14H,11-12H2,1-3,5-7H3,(H,31,33);6-8,11,17H,4-5,9-10H2,1-3H3,(H,24,25);5H,1-2,4H3,(H2,10,13). The van der Waals surface area contributed by atoms with Crippen molar-refractivity contribution in [3.8, 4) is 51.4 Å². The van der Waals surface area contributed by atoms with Gasteiger partial charge in [0, 0.05) is 52.7 Å². The molecule has 2 saturated heterocycles. The van der Waals surface area contributed by atoms with Gasteiger partial charge < -0.3 is 74.1 Å². The van der Waals surface area contributed by atoms with Crippen molar-refractivity contribution in [2.24, 2.45) is 26.1 Å². The number of aromatic nitrogens is 25. The molecule has 0 radical (unpaired) electrons. The van der Waals surface area contributed by atoms with Gasteiger partial charge in [0.1, 0.15) is 46.0 Å². The van der Waals surface area contributed by atoms with E-state index in [0.29, 0.717) is 133 Å². The average Bonchev–Trinajstić information content (AvgIpc) is 1.55. The first-order valence-electron chi connectivity index (χ1n) is 41.4. The minimum Gasteiger partial charge on any atom is -0.494 e. The van der Waals surface area contributed by atoms with Crippen LogP contribution in [0.2, 0.25) is 5.15 Å². The van der Waals surface area contributed by atoms with Gasteiger partial charge in [-0.3, -0.25) is 34.1 Å². The van der Waals surface area contributed by atoms with Gasteiger partial charge in [-0.15, -0.1) is 40.6 Å². The van der Waals surface area contributed by atoms with E-state index in [1.807, 2.05) is 134 Å². The Morgan fingerprint density at radius 3 is 1.26 bits per heavy atom. The number of fused-ring (bicyclic) bond motifs is 3. The summed E-state index contributed by atoms with van der Waals surface area (Å²) < 4.78 is 49.9. The van der Waals surface area contributed by atoms with Crippen molar-refractivity contribution in [3.63, 3.8) is 0 Å². The number of hydrogen-bond donors (Lipinski definition) is 4. The van der Waals surface area contributed by atoms with E-state index in [4.69, 9.17) is 99.9 Å². The Balaban J connectivity index is 0.000000148. The lowest BCUT2D eigenvalue weighted by Crippen LogP contribution is -2.22. The van der Waals surface area contributed by atoms with Crippen LogP contribution in [0.5, 0.6) is 17.2 Å². The van der Waals surface area contributed by atoms with E-state index in [0.717, 1.165) is 119 Å². The van der Waals surface area contributed by atoms with Crippen LogP contribution in [0.3, 0.4) is 0 Å². The number of anilines is 7. The van der Waals surface area contributed by atoms with Crippen LogP contribution in [0.25, 0.3) is 71.0 Å². The Morgan fingerprint density at radius 1 is 0.477 bits per heavy atom. The molecule has 17 rings (SSSR count). The maximum atomic E-state index is 7.74. The van der Waals surface area contributed by atoms with E-state index in [9.17, 15) is 0 Å². The van der Waals surface area contributed by atoms with Gasteiger partial charge in [0.25, 0.3) is 17.5 Å². The second kappa shape index (κ2) is 39.3. The first-order valence-corrected chi connectivity index (χ1v) is 41.8. The molecule has 3 aliphatic heterocycles. The third kappa shape index (κ3) is 19.9. The van der Waals surface area contributed by atoms with Gasteiger partial charge in [0.2, 0.25) is 23.3 Å². The number of nitrogens with zero attached hydrogens (tertiary/aromatic N) is 29. The molecule has 0 spiro atoms. The highest BCUT2D eigenvalue weighted by molar-refractivity contribution is 6.30. The topological polar surface area (TPSA) is 444 Å². The molecule has 2 fully saturated rings. The van der Waals surface area contributed by atoms with Crippen molar-refractivity contribution in [2.45, 2.75) is 149 Å². The molecule has 5 N–H and O–H groups in total. The smallest absolute Gasteiger partial charge is 0.296 e. The summed E-state index contributed by atoms with van der Waals surface area (Å²) in [5.41, 5.74) is 19.5. The molecule has 3 aliphatic rings. The molecule has 670 valence electrons. The van der Waals surface area contributed by atoms with Crippen LogP contribution in [0.4, 0.5) is 63.1 Å². The number of para-hydroxylation sites is 3. The maximum Gasteiger partial charge on any atom is 0.296 e. The number of halogens is 1. The van der Waals surface area contributed by atoms with Crippen LogP contribution in [0.1, 0.15) is 157 Å². The minimum absolute atomic E-state index is 0.0897. The average molecular weight is 1780 g/mol. The van der Waals surface area contributed by atoms with E-state index in [1.165, 1.54) is 20.6 Å². The van der Waals surface area contributed by atoms with Crippen LogP contribution < -0.4 is 35.9 Å². The van der Waals surface area contributed by atoms with E-state index in [2.05, 4.69) is 116 Å². The lowest BCUT2D eigenvalue weighted by Gasteiger charge is -2.25. The monoisotopic (exact) mass is 1780 g/mol. The fraction of sp³-hybridized carbons (Fsp3) is 0.386. The van der Waals surface area contributed by atoms with Crippen molar-refractivity contribution in [1.29, 1.82) is 0 Å². The zero-order valence-electron chi connectivity index (χ0n) is 75.3. The molecule has 130 heavy (non-hydrogen) atoms. The lowest BCUT2D eigenvalue weighted by atomic mass is 10.0. The van der Waals surface area contributed by atoms with E-state index in [1.54, 1.807) is 82.3 Å². The van der Waals surface area contributed by atoms with Crippen molar-refractivity contribution < 1.29 is 37.9 Å². The Kier molecular flexibility index (Phi) is 27.7. The number of pyridine rings is 3. The predicted octanol–water partition coefficient (Wildman–Crippen LogP) is 15.2. The molecule has 0 bridgehead atoms. The lowest BCUT2D eigenvalue weighted by molar-refractivity contribution is -0.0310. The number of ether oxygens (including phenoxy) is 8. The number of aliphatic imine (C=N–C) groups is 1. The van der Waals surface area contributed by atoms with Crippen LogP contribution in [-0.4, -0.2) is 186 Å². The van der Waals surface area contributed by atoms with Gasteiger partial charge in [-0.1, -0.05) is 54.5 Å². The number of tetrazole rings is 3. The van der Waals surface area contributed by atoms with E-state index >= 15 is 0 Å². The van der Waals surface area contributed by atoms with Gasteiger partial charge in [-0.2, -0.15) is 14.4 Å². The number of nitrogens with two attached hydrogens (primary N) is 1. The Labute approximate surface area is 753 Å². The van der Waals surface area contributed by atoms with Crippen molar-refractivity contribution in [2.75, 3.05) is 77.6 Å². The summed E-state index contributed by atoms with van der Waals surface area (Å²) >= 11 is 6.42. The molecular formula is C88H98ClN33O8. The number of rotatable bonds is 24. The van der Waals surface area contributed by atoms with Crippen molar-refractivity contribution in [3.05, 3.63) is 188 Å². The highest BCUT2D eigenvalue weighted by atomic mass is 35.5. The first kappa shape index (κ1) is 91.5. The number of aryl methyl sites for hydroxylation is 5. The third-order valence-electron chi connectivity index (χ3n) is 21.8. The number of nitrogens with one attached hydrogen (secondary N) is 3. The summed E-state index contributed by atoms with van der Waals surface area (Å²) in [5, 5.41) is 48.0. The summed E-state index contributed by atoms with van der Waals surface area (Å²) in [6.07, 6.45) is 12.0. The summed E-state index contributed by atoms with van der Waals surface area (Å²) in [7, 11) is 14.7. The molecule has 14 aromatic rings. The maximum absolute atomic E-state index is 7.74. The van der Waals surface area contributed by atoms with Gasteiger partial charge >= 0.3 is 0 Å². The number of methoxy groups -OCH3 is 6. The summed E-state index contributed by atoms with van der Waals surface area (Å²) in [5.74, 6) is 5.60. The third-order valence-corrected chi connectivity index (χ3v) is 22.0. The Bertz CT molecular complexity index is 6680. The molecule has 14 heterocycles. The molecule has 41 nitrogen and oxygen atoms in total. The Hall–Kier alpha value is -14.7. The van der Waals surface area contributed by atoms with E-state index < -0.39 is 16.8 Å². The zero-order chi connectivity index (χ0) is 92.5. The summed E-state index contributed by atoms with van der Waals surface area (Å²) in [4.78, 5) is 70.0. The summed E-state index contributed by atoms with van der Waals surface area (Å²) in [6.45, 7) is 40.7. The van der Waals surface area contributed by atoms with Gasteiger partial charge in [-0.05, 0) is 165 Å². The quantitative estimate of drug-likeness (QED) is 0.0322. The van der Waals surface area contributed by atoms with Crippen LogP contribution in [-0.2, 0) is 80.9 Å². The van der Waals surface area contributed by atoms with Crippen molar-refractivity contribution >= 4 is 103 Å². The normalized spacial score (nSPS) is 14.3. The van der Waals surface area contributed by atoms with Gasteiger partial charge in [0.05, 0.1) is 176 Å². The highest BCUT2D eigenvalue weighted by Gasteiger charge is 2.33. The van der Waals surface area contributed by atoms with Crippen LogP contribution in [0.15, 0.2) is 96.4 Å². The van der Waals surface area contributed by atoms with E-state index in [-0.39, 0.29) is 35.7 Å². The zero-order valence-corrected chi connectivity index (χ0v) is 76.0. The number of nitrogen functional groups attached to an aromatic ring is 1. The number of hydrogen-bond acceptors (Lipinski definition) is 33. The van der Waals surface area contributed by atoms with Gasteiger partial charge in [-0.25, -0.2) is 19.9 Å². The second-order valence-electron chi connectivity index (χ2n) is 31.9. The number of imidazole rings is 2. The molecular weight excluding hydrogens is 1680 g/mol. The Morgan fingerprint density at radius 2 is 0.869 bits per heavy atom. The second-order valence-corrected chi connectivity index (χ2v) is 32.3. The molecule has 42 heteroatoms.